The molecule has 0 aliphatic heterocycles. The molecule has 11 heteroatoms. The van der Waals surface area contributed by atoms with E-state index < -0.39 is 24.0 Å². The van der Waals surface area contributed by atoms with Gasteiger partial charge in [-0.25, -0.2) is 15.0 Å². The van der Waals surface area contributed by atoms with Gasteiger partial charge in [0.1, 0.15) is 16.9 Å². The van der Waals surface area contributed by atoms with Crippen LogP contribution in [0.15, 0.2) is 36.8 Å². The highest BCUT2D eigenvalue weighted by molar-refractivity contribution is 7.14. The number of aliphatic hydroxyl groups excluding tert-OH is 1. The summed E-state index contributed by atoms with van der Waals surface area (Å²) in [6, 6.07) is 4.95. The van der Waals surface area contributed by atoms with Crippen LogP contribution in [0.4, 0.5) is 13.2 Å². The number of halogens is 3. The largest absolute Gasteiger partial charge is 0.488 e. The summed E-state index contributed by atoms with van der Waals surface area (Å²) in [5, 5.41) is 12.8. The molecule has 0 spiro atoms. The van der Waals surface area contributed by atoms with Crippen LogP contribution in [-0.4, -0.2) is 38.7 Å². The average molecular weight is 466 g/mol. The van der Waals surface area contributed by atoms with Crippen molar-refractivity contribution in [2.75, 3.05) is 6.61 Å². The number of hydrogen-bond donors (Lipinski definition) is 2. The molecule has 0 aliphatic carbocycles. The number of rotatable bonds is 8. The smallest absolute Gasteiger partial charge is 0.451 e. The molecule has 0 bridgehead atoms. The van der Waals surface area contributed by atoms with Crippen molar-refractivity contribution in [2.45, 2.75) is 39.1 Å². The molecular formula is C21H21F3N4O3S. The van der Waals surface area contributed by atoms with E-state index in [2.05, 4.69) is 20.3 Å². The molecule has 1 unspecified atom stereocenters. The number of aromatic nitrogens is 3. The number of ether oxygens (including phenoxy) is 1. The van der Waals surface area contributed by atoms with E-state index in [1.807, 2.05) is 13.8 Å². The molecule has 0 saturated carbocycles. The maximum atomic E-state index is 12.8. The Hall–Kier alpha value is -3.05. The van der Waals surface area contributed by atoms with Gasteiger partial charge in [-0.2, -0.15) is 13.2 Å². The second kappa shape index (κ2) is 10.0. The van der Waals surface area contributed by atoms with Crippen molar-refractivity contribution in [2.24, 2.45) is 0 Å². The van der Waals surface area contributed by atoms with Crippen LogP contribution >= 0.6 is 11.3 Å². The number of nitrogens with one attached hydrogen (secondary N) is 1. The lowest BCUT2D eigenvalue weighted by Gasteiger charge is -2.16. The minimum absolute atomic E-state index is 0.0536. The van der Waals surface area contributed by atoms with Gasteiger partial charge in [-0.3, -0.25) is 4.79 Å². The van der Waals surface area contributed by atoms with Crippen LogP contribution in [0.3, 0.4) is 0 Å². The number of thiazole rings is 1. The van der Waals surface area contributed by atoms with Crippen molar-refractivity contribution in [3.05, 3.63) is 58.6 Å². The zero-order valence-electron chi connectivity index (χ0n) is 17.3. The summed E-state index contributed by atoms with van der Waals surface area (Å²) in [6.45, 7) is 3.56. The van der Waals surface area contributed by atoms with Crippen LogP contribution in [0.5, 0.6) is 5.75 Å². The molecule has 0 fully saturated rings. The molecular weight excluding hydrogens is 445 g/mol. The van der Waals surface area contributed by atoms with E-state index >= 15 is 0 Å². The predicted molar refractivity (Wildman–Crippen MR) is 112 cm³/mol. The lowest BCUT2D eigenvalue weighted by Crippen LogP contribution is -2.24. The van der Waals surface area contributed by atoms with Gasteiger partial charge in [-0.05, 0) is 31.5 Å². The summed E-state index contributed by atoms with van der Waals surface area (Å²) in [6.07, 6.45) is -0.715. The normalized spacial score (nSPS) is 12.4. The number of nitrogens with zero attached hydrogens (tertiary/aromatic N) is 3. The number of amides is 1. The summed E-state index contributed by atoms with van der Waals surface area (Å²) < 4.78 is 43.6. The topological polar surface area (TPSA) is 97.2 Å². The summed E-state index contributed by atoms with van der Waals surface area (Å²) in [5.74, 6) is -1.30. The van der Waals surface area contributed by atoms with E-state index in [1.165, 1.54) is 11.3 Å². The molecule has 3 rings (SSSR count). The maximum Gasteiger partial charge on any atom is 0.451 e. The minimum atomic E-state index is -4.63. The Morgan fingerprint density at radius 3 is 2.47 bits per heavy atom. The molecule has 1 aromatic carbocycles. The number of aryl methyl sites for hydroxylation is 1. The Balaban J connectivity index is 1.80. The lowest BCUT2D eigenvalue weighted by atomic mass is 10.1. The van der Waals surface area contributed by atoms with Crippen LogP contribution in [0, 0.1) is 6.92 Å². The lowest BCUT2D eigenvalue weighted by molar-refractivity contribution is -0.145. The van der Waals surface area contributed by atoms with Crippen molar-refractivity contribution in [1.29, 1.82) is 0 Å². The van der Waals surface area contributed by atoms with Crippen molar-refractivity contribution in [1.82, 2.24) is 20.3 Å². The van der Waals surface area contributed by atoms with Gasteiger partial charge < -0.3 is 15.2 Å². The van der Waals surface area contributed by atoms with E-state index in [-0.39, 0.29) is 18.7 Å². The van der Waals surface area contributed by atoms with Gasteiger partial charge in [0.25, 0.3) is 5.91 Å². The quantitative estimate of drug-likeness (QED) is 0.521. The Morgan fingerprint density at radius 2 is 1.91 bits per heavy atom. The molecule has 7 nitrogen and oxygen atoms in total. The summed E-state index contributed by atoms with van der Waals surface area (Å²) in [5.41, 5.74) is 1.28. The second-order valence-electron chi connectivity index (χ2n) is 6.95. The van der Waals surface area contributed by atoms with Crippen LogP contribution in [-0.2, 0) is 12.7 Å². The standard InChI is InChI=1S/C21H21F3N4O3S/c1-3-16(11-29)31-17-5-14(4-15(6-17)19-26-7-12(2)32-19)18(30)25-8-13-9-27-20(28-10-13)21(22,23)24/h4-7,9-10,16,29H,3,8,11H2,1-2H3,(H,25,30). The first-order valence-corrected chi connectivity index (χ1v) is 10.5. The Bertz CT molecular complexity index is 1070. The van der Waals surface area contributed by atoms with Crippen molar-refractivity contribution in [3.63, 3.8) is 0 Å². The first-order chi connectivity index (χ1) is 15.2. The first kappa shape index (κ1) is 23.6. The Morgan fingerprint density at radius 1 is 1.19 bits per heavy atom. The molecule has 0 aliphatic rings. The third kappa shape index (κ3) is 6.01. The number of alkyl halides is 3. The van der Waals surface area contributed by atoms with Crippen LogP contribution in [0.2, 0.25) is 0 Å². The average Bonchev–Trinajstić information content (AvgIpc) is 3.21. The number of benzene rings is 1. The molecule has 32 heavy (non-hydrogen) atoms. The highest BCUT2D eigenvalue weighted by Gasteiger charge is 2.34. The Kier molecular flexibility index (Phi) is 7.41. The summed E-state index contributed by atoms with van der Waals surface area (Å²) in [4.78, 5) is 24.7. The minimum Gasteiger partial charge on any atom is -0.488 e. The summed E-state index contributed by atoms with van der Waals surface area (Å²) in [7, 11) is 0. The van der Waals surface area contributed by atoms with Crippen LogP contribution in [0.1, 0.15) is 40.0 Å². The molecule has 2 heterocycles. The van der Waals surface area contributed by atoms with Gasteiger partial charge >= 0.3 is 6.18 Å². The van der Waals surface area contributed by atoms with Gasteiger partial charge in [-0.15, -0.1) is 11.3 Å². The van der Waals surface area contributed by atoms with Crippen molar-refractivity contribution < 1.29 is 27.8 Å². The number of aliphatic hydroxyl groups is 1. The van der Waals surface area contributed by atoms with Gasteiger partial charge in [0.2, 0.25) is 5.82 Å². The fourth-order valence-corrected chi connectivity index (χ4v) is 3.48. The third-order valence-corrected chi connectivity index (χ3v) is 5.37. The van der Waals surface area contributed by atoms with Gasteiger partial charge in [-0.1, -0.05) is 6.92 Å². The molecule has 2 N–H and O–H groups in total. The van der Waals surface area contributed by atoms with Gasteiger partial charge in [0.15, 0.2) is 0 Å². The number of hydrogen-bond acceptors (Lipinski definition) is 7. The molecule has 1 atom stereocenters. The highest BCUT2D eigenvalue weighted by Crippen LogP contribution is 2.30. The zero-order valence-corrected chi connectivity index (χ0v) is 18.1. The highest BCUT2D eigenvalue weighted by atomic mass is 32.1. The first-order valence-electron chi connectivity index (χ1n) is 9.71. The van der Waals surface area contributed by atoms with Crippen molar-refractivity contribution >= 4 is 17.2 Å². The molecule has 0 saturated heterocycles. The van der Waals surface area contributed by atoms with Crippen LogP contribution in [0.25, 0.3) is 10.6 Å². The van der Waals surface area contributed by atoms with Crippen LogP contribution < -0.4 is 10.1 Å². The molecule has 2 aromatic heterocycles. The van der Waals surface area contributed by atoms with E-state index in [0.717, 1.165) is 17.3 Å². The molecule has 1 amide bonds. The van der Waals surface area contributed by atoms with Gasteiger partial charge in [0.05, 0.1) is 6.61 Å². The third-order valence-electron chi connectivity index (χ3n) is 4.41. The van der Waals surface area contributed by atoms with E-state index in [9.17, 15) is 23.1 Å². The van der Waals surface area contributed by atoms with E-state index in [4.69, 9.17) is 4.74 Å². The van der Waals surface area contributed by atoms with E-state index in [0.29, 0.717) is 28.3 Å². The summed E-state index contributed by atoms with van der Waals surface area (Å²) >= 11 is 1.46. The SMILES string of the molecule is CCC(CO)Oc1cc(C(=O)NCc2cnc(C(F)(F)F)nc2)cc(-c2ncc(C)s2)c1. The maximum absolute atomic E-state index is 12.8. The number of carbonyl (C=O) groups excluding carboxylic acids is 1. The monoisotopic (exact) mass is 466 g/mol. The van der Waals surface area contributed by atoms with Crippen molar-refractivity contribution in [3.8, 4) is 16.3 Å². The predicted octanol–water partition coefficient (Wildman–Crippen LogP) is 4.01. The molecule has 0 radical (unpaired) electrons. The fraction of sp³-hybridized carbons (Fsp3) is 0.333. The Labute approximate surface area is 186 Å². The second-order valence-corrected chi connectivity index (χ2v) is 8.18. The molecule has 170 valence electrons. The molecule has 3 aromatic rings. The van der Waals surface area contributed by atoms with Gasteiger partial charge in [0, 0.05) is 46.7 Å². The van der Waals surface area contributed by atoms with E-state index in [1.54, 1.807) is 24.4 Å². The fourth-order valence-electron chi connectivity index (χ4n) is 2.73. The zero-order chi connectivity index (χ0) is 23.3. The number of carbonyl (C=O) groups is 1.